The van der Waals surface area contributed by atoms with Crippen LogP contribution in [0.3, 0.4) is 0 Å². The summed E-state index contributed by atoms with van der Waals surface area (Å²) in [7, 11) is 0. The first kappa shape index (κ1) is 11.1. The SMILES string of the molecule is CC1CCC(COc2ccc(C=O)nc2)O1. The number of rotatable bonds is 4. The van der Waals surface area contributed by atoms with Crippen molar-refractivity contribution in [2.75, 3.05) is 6.61 Å². The topological polar surface area (TPSA) is 48.4 Å². The second-order valence-electron chi connectivity index (χ2n) is 3.99. The van der Waals surface area contributed by atoms with Crippen LogP contribution in [0.25, 0.3) is 0 Å². The van der Waals surface area contributed by atoms with Crippen molar-refractivity contribution in [3.05, 3.63) is 24.0 Å². The van der Waals surface area contributed by atoms with Gasteiger partial charge in [0.15, 0.2) is 6.29 Å². The lowest BCUT2D eigenvalue weighted by Crippen LogP contribution is -2.17. The van der Waals surface area contributed by atoms with Crippen molar-refractivity contribution in [1.82, 2.24) is 4.98 Å². The molecule has 1 aromatic rings. The molecular formula is C12H15NO3. The van der Waals surface area contributed by atoms with Crippen molar-refractivity contribution < 1.29 is 14.3 Å². The molecule has 16 heavy (non-hydrogen) atoms. The Morgan fingerprint density at radius 2 is 2.44 bits per heavy atom. The first-order valence-electron chi connectivity index (χ1n) is 5.47. The minimum Gasteiger partial charge on any atom is -0.489 e. The fourth-order valence-corrected chi connectivity index (χ4v) is 1.74. The molecule has 4 heteroatoms. The van der Waals surface area contributed by atoms with Gasteiger partial charge in [0.2, 0.25) is 0 Å². The highest BCUT2D eigenvalue weighted by Gasteiger charge is 2.22. The van der Waals surface area contributed by atoms with Crippen molar-refractivity contribution in [2.24, 2.45) is 0 Å². The van der Waals surface area contributed by atoms with E-state index in [1.165, 1.54) is 0 Å². The lowest BCUT2D eigenvalue weighted by atomic mass is 10.2. The molecule has 0 spiro atoms. The molecule has 2 unspecified atom stereocenters. The lowest BCUT2D eigenvalue weighted by molar-refractivity contribution is 0.0264. The summed E-state index contributed by atoms with van der Waals surface area (Å²) in [5, 5.41) is 0. The van der Waals surface area contributed by atoms with Crippen LogP contribution < -0.4 is 4.74 Å². The van der Waals surface area contributed by atoms with Crippen LogP contribution in [0.15, 0.2) is 18.3 Å². The van der Waals surface area contributed by atoms with Gasteiger partial charge in [-0.25, -0.2) is 4.98 Å². The Hall–Kier alpha value is -1.42. The average molecular weight is 221 g/mol. The van der Waals surface area contributed by atoms with Gasteiger partial charge in [-0.3, -0.25) is 4.79 Å². The third-order valence-corrected chi connectivity index (χ3v) is 2.64. The third-order valence-electron chi connectivity index (χ3n) is 2.64. The summed E-state index contributed by atoms with van der Waals surface area (Å²) in [5.41, 5.74) is 0.415. The van der Waals surface area contributed by atoms with E-state index in [9.17, 15) is 4.79 Å². The van der Waals surface area contributed by atoms with Gasteiger partial charge >= 0.3 is 0 Å². The van der Waals surface area contributed by atoms with Gasteiger partial charge in [0.05, 0.1) is 18.4 Å². The Kier molecular flexibility index (Phi) is 3.51. The van der Waals surface area contributed by atoms with Crippen LogP contribution in [0.4, 0.5) is 0 Å². The average Bonchev–Trinajstić information content (AvgIpc) is 2.73. The minimum atomic E-state index is 0.181. The first-order chi connectivity index (χ1) is 7.78. The summed E-state index contributed by atoms with van der Waals surface area (Å²) in [5.74, 6) is 0.675. The van der Waals surface area contributed by atoms with Gasteiger partial charge in [0, 0.05) is 0 Å². The van der Waals surface area contributed by atoms with Crippen molar-refractivity contribution in [1.29, 1.82) is 0 Å². The third kappa shape index (κ3) is 2.79. The minimum absolute atomic E-state index is 0.181. The van der Waals surface area contributed by atoms with Crippen molar-refractivity contribution in [3.8, 4) is 5.75 Å². The molecule has 0 radical (unpaired) electrons. The van der Waals surface area contributed by atoms with Crippen molar-refractivity contribution in [3.63, 3.8) is 0 Å². The number of aromatic nitrogens is 1. The van der Waals surface area contributed by atoms with E-state index in [1.54, 1.807) is 18.3 Å². The Morgan fingerprint density at radius 1 is 1.56 bits per heavy atom. The fourth-order valence-electron chi connectivity index (χ4n) is 1.74. The molecule has 1 fully saturated rings. The summed E-state index contributed by atoms with van der Waals surface area (Å²) in [6.07, 6.45) is 4.93. The van der Waals surface area contributed by atoms with Gasteiger partial charge in [-0.05, 0) is 31.9 Å². The van der Waals surface area contributed by atoms with E-state index < -0.39 is 0 Å². The zero-order valence-electron chi connectivity index (χ0n) is 9.26. The molecule has 0 N–H and O–H groups in total. The number of pyridine rings is 1. The molecule has 0 saturated carbocycles. The molecule has 86 valence electrons. The van der Waals surface area contributed by atoms with Crippen molar-refractivity contribution >= 4 is 6.29 Å². The Balaban J connectivity index is 1.82. The molecule has 1 aliphatic heterocycles. The second-order valence-corrected chi connectivity index (χ2v) is 3.99. The van der Waals surface area contributed by atoms with Crippen LogP contribution in [0.1, 0.15) is 30.3 Å². The van der Waals surface area contributed by atoms with Crippen LogP contribution >= 0.6 is 0 Å². The Labute approximate surface area is 94.6 Å². The van der Waals surface area contributed by atoms with Gasteiger partial charge in [0.25, 0.3) is 0 Å². The van der Waals surface area contributed by atoms with Crippen molar-refractivity contribution in [2.45, 2.75) is 32.0 Å². The van der Waals surface area contributed by atoms with Crippen LogP contribution in [-0.2, 0) is 4.74 Å². The number of carbonyl (C=O) groups excluding carboxylic acids is 1. The maximum absolute atomic E-state index is 10.4. The molecule has 4 nitrogen and oxygen atoms in total. The van der Waals surface area contributed by atoms with Crippen LogP contribution in [0.2, 0.25) is 0 Å². The molecule has 0 bridgehead atoms. The highest BCUT2D eigenvalue weighted by Crippen LogP contribution is 2.20. The molecule has 2 rings (SSSR count). The standard InChI is InChI=1S/C12H15NO3/c1-9-2-4-12(16-9)8-15-11-5-3-10(7-14)13-6-11/h3,5-7,9,12H,2,4,8H2,1H3. The van der Waals surface area contributed by atoms with Gasteiger partial charge < -0.3 is 9.47 Å². The quantitative estimate of drug-likeness (QED) is 0.728. The number of carbonyl (C=O) groups is 1. The number of ether oxygens (including phenoxy) is 2. The maximum atomic E-state index is 10.4. The first-order valence-corrected chi connectivity index (χ1v) is 5.47. The lowest BCUT2D eigenvalue weighted by Gasteiger charge is -2.12. The highest BCUT2D eigenvalue weighted by molar-refractivity contribution is 5.71. The predicted octanol–water partition coefficient (Wildman–Crippen LogP) is 1.84. The molecular weight excluding hydrogens is 206 g/mol. The molecule has 0 aromatic carbocycles. The second kappa shape index (κ2) is 5.07. The normalized spacial score (nSPS) is 24.3. The number of nitrogens with zero attached hydrogens (tertiary/aromatic N) is 1. The fraction of sp³-hybridized carbons (Fsp3) is 0.500. The van der Waals surface area contributed by atoms with E-state index in [0.29, 0.717) is 30.4 Å². The van der Waals surface area contributed by atoms with E-state index in [4.69, 9.17) is 9.47 Å². The molecule has 0 amide bonds. The number of aldehydes is 1. The van der Waals surface area contributed by atoms with E-state index in [1.807, 2.05) is 0 Å². The van der Waals surface area contributed by atoms with Gasteiger partial charge in [0.1, 0.15) is 18.1 Å². The molecule has 1 aliphatic rings. The molecule has 1 saturated heterocycles. The monoisotopic (exact) mass is 221 g/mol. The van der Waals surface area contributed by atoms with E-state index in [0.717, 1.165) is 12.8 Å². The Bertz CT molecular complexity index is 350. The highest BCUT2D eigenvalue weighted by atomic mass is 16.5. The van der Waals surface area contributed by atoms with Crippen LogP contribution in [-0.4, -0.2) is 30.1 Å². The smallest absolute Gasteiger partial charge is 0.168 e. The number of hydrogen-bond acceptors (Lipinski definition) is 4. The molecule has 0 aliphatic carbocycles. The largest absolute Gasteiger partial charge is 0.489 e. The molecule has 1 aromatic heterocycles. The van der Waals surface area contributed by atoms with Gasteiger partial charge in [-0.1, -0.05) is 0 Å². The van der Waals surface area contributed by atoms with E-state index in [-0.39, 0.29) is 6.10 Å². The zero-order valence-corrected chi connectivity index (χ0v) is 9.26. The van der Waals surface area contributed by atoms with Gasteiger partial charge in [-0.2, -0.15) is 0 Å². The maximum Gasteiger partial charge on any atom is 0.168 e. The predicted molar refractivity (Wildman–Crippen MR) is 58.7 cm³/mol. The van der Waals surface area contributed by atoms with Crippen LogP contribution in [0.5, 0.6) is 5.75 Å². The van der Waals surface area contributed by atoms with E-state index in [2.05, 4.69) is 11.9 Å². The molecule has 2 heterocycles. The summed E-state index contributed by atoms with van der Waals surface area (Å²) in [4.78, 5) is 14.3. The summed E-state index contributed by atoms with van der Waals surface area (Å²) >= 11 is 0. The van der Waals surface area contributed by atoms with E-state index >= 15 is 0 Å². The summed E-state index contributed by atoms with van der Waals surface area (Å²) in [6.45, 7) is 2.62. The number of hydrogen-bond donors (Lipinski definition) is 0. The molecule has 2 atom stereocenters. The summed E-state index contributed by atoms with van der Waals surface area (Å²) < 4.78 is 11.2. The Morgan fingerprint density at radius 3 is 3.00 bits per heavy atom. The summed E-state index contributed by atoms with van der Waals surface area (Å²) in [6, 6.07) is 3.38. The zero-order chi connectivity index (χ0) is 11.4. The van der Waals surface area contributed by atoms with Crippen LogP contribution in [0, 0.1) is 0 Å². The van der Waals surface area contributed by atoms with Gasteiger partial charge in [-0.15, -0.1) is 0 Å².